The molecule has 1 heterocycles. The number of nitrogens with zero attached hydrogens (tertiary/aromatic N) is 2. The van der Waals surface area contributed by atoms with E-state index >= 15 is 0 Å². The molecular formula is C13H11ClN2O4. The van der Waals surface area contributed by atoms with Crippen LogP contribution in [0.2, 0.25) is 5.02 Å². The highest BCUT2D eigenvalue weighted by atomic mass is 35.5. The standard InChI is InChI=1S/C13H11ClN2O4/c1-8(17)9-5-6-15-12(7-9)20-13-10(14)3-2-4-11(13)16(18)19/h2-8,17H,1H3/t8-/m0/s1. The van der Waals surface area contributed by atoms with E-state index < -0.39 is 11.0 Å². The molecule has 0 aliphatic rings. The van der Waals surface area contributed by atoms with Crippen LogP contribution >= 0.6 is 11.6 Å². The lowest BCUT2D eigenvalue weighted by atomic mass is 10.2. The second kappa shape index (κ2) is 5.85. The van der Waals surface area contributed by atoms with Crippen molar-refractivity contribution in [3.05, 3.63) is 57.2 Å². The maximum Gasteiger partial charge on any atom is 0.313 e. The predicted octanol–water partition coefficient (Wildman–Crippen LogP) is 3.49. The van der Waals surface area contributed by atoms with Gasteiger partial charge in [-0.15, -0.1) is 0 Å². The maximum atomic E-state index is 10.9. The second-order valence-corrected chi connectivity index (χ2v) is 4.46. The number of halogens is 1. The molecule has 0 saturated carbocycles. The van der Waals surface area contributed by atoms with E-state index in [1.807, 2.05) is 0 Å². The fraction of sp³-hybridized carbons (Fsp3) is 0.154. The number of aliphatic hydroxyl groups excluding tert-OH is 1. The van der Waals surface area contributed by atoms with Gasteiger partial charge < -0.3 is 9.84 Å². The van der Waals surface area contributed by atoms with Crippen LogP contribution in [-0.2, 0) is 0 Å². The van der Waals surface area contributed by atoms with Crippen LogP contribution < -0.4 is 4.74 Å². The Bertz CT molecular complexity index is 646. The number of aromatic nitrogens is 1. The van der Waals surface area contributed by atoms with Crippen molar-refractivity contribution < 1.29 is 14.8 Å². The van der Waals surface area contributed by atoms with Crippen molar-refractivity contribution in [1.29, 1.82) is 0 Å². The molecule has 7 heteroatoms. The number of nitro benzene ring substituents is 1. The molecule has 1 aromatic carbocycles. The molecule has 0 fully saturated rings. The van der Waals surface area contributed by atoms with Crippen molar-refractivity contribution in [1.82, 2.24) is 4.98 Å². The van der Waals surface area contributed by atoms with Crippen LogP contribution in [0.4, 0.5) is 5.69 Å². The van der Waals surface area contributed by atoms with Gasteiger partial charge in [-0.1, -0.05) is 17.7 Å². The number of benzene rings is 1. The van der Waals surface area contributed by atoms with Gasteiger partial charge >= 0.3 is 5.69 Å². The predicted molar refractivity (Wildman–Crippen MR) is 73.1 cm³/mol. The van der Waals surface area contributed by atoms with Crippen LogP contribution in [0.1, 0.15) is 18.6 Å². The lowest BCUT2D eigenvalue weighted by Gasteiger charge is -2.09. The van der Waals surface area contributed by atoms with E-state index in [1.165, 1.54) is 30.5 Å². The number of hydrogen-bond donors (Lipinski definition) is 1. The Balaban J connectivity index is 2.40. The van der Waals surface area contributed by atoms with Gasteiger partial charge in [0.2, 0.25) is 11.6 Å². The summed E-state index contributed by atoms with van der Waals surface area (Å²) in [5.41, 5.74) is 0.339. The molecule has 2 rings (SSSR count). The molecule has 0 radical (unpaired) electrons. The van der Waals surface area contributed by atoms with E-state index in [2.05, 4.69) is 4.98 Å². The number of pyridine rings is 1. The molecule has 2 aromatic rings. The molecule has 1 atom stereocenters. The smallest absolute Gasteiger partial charge is 0.313 e. The molecule has 0 amide bonds. The Labute approximate surface area is 119 Å². The second-order valence-electron chi connectivity index (χ2n) is 4.05. The third-order valence-electron chi connectivity index (χ3n) is 2.59. The molecule has 0 spiro atoms. The van der Waals surface area contributed by atoms with Gasteiger partial charge in [0.15, 0.2) is 0 Å². The van der Waals surface area contributed by atoms with Gasteiger partial charge in [-0.3, -0.25) is 10.1 Å². The van der Waals surface area contributed by atoms with Gasteiger partial charge in [-0.25, -0.2) is 4.98 Å². The number of para-hydroxylation sites is 1. The summed E-state index contributed by atoms with van der Waals surface area (Å²) in [4.78, 5) is 14.3. The fourth-order valence-electron chi connectivity index (χ4n) is 1.59. The topological polar surface area (TPSA) is 85.5 Å². The highest BCUT2D eigenvalue weighted by Gasteiger charge is 2.19. The van der Waals surface area contributed by atoms with Crippen molar-refractivity contribution in [3.63, 3.8) is 0 Å². The van der Waals surface area contributed by atoms with E-state index in [1.54, 1.807) is 13.0 Å². The van der Waals surface area contributed by atoms with Crippen molar-refractivity contribution in [2.75, 3.05) is 0 Å². The molecule has 1 N–H and O–H groups in total. The van der Waals surface area contributed by atoms with Gasteiger partial charge in [0.05, 0.1) is 16.0 Å². The zero-order valence-corrected chi connectivity index (χ0v) is 11.2. The number of rotatable bonds is 4. The first-order chi connectivity index (χ1) is 9.49. The molecule has 0 bridgehead atoms. The molecule has 1 aromatic heterocycles. The molecule has 0 unspecified atom stereocenters. The van der Waals surface area contributed by atoms with Crippen molar-refractivity contribution in [3.8, 4) is 11.6 Å². The van der Waals surface area contributed by atoms with E-state index in [0.29, 0.717) is 5.56 Å². The molecule has 104 valence electrons. The monoisotopic (exact) mass is 294 g/mol. The molecule has 0 aliphatic heterocycles. The Morgan fingerprint density at radius 2 is 2.20 bits per heavy atom. The lowest BCUT2D eigenvalue weighted by Crippen LogP contribution is -1.97. The van der Waals surface area contributed by atoms with E-state index in [9.17, 15) is 15.2 Å². The third-order valence-corrected chi connectivity index (χ3v) is 2.89. The van der Waals surface area contributed by atoms with Gasteiger partial charge in [-0.05, 0) is 24.6 Å². The van der Waals surface area contributed by atoms with E-state index in [-0.39, 0.29) is 22.3 Å². The summed E-state index contributed by atoms with van der Waals surface area (Å²) < 4.78 is 5.40. The summed E-state index contributed by atoms with van der Waals surface area (Å²) >= 11 is 5.92. The summed E-state index contributed by atoms with van der Waals surface area (Å²) in [6.07, 6.45) is 0.752. The van der Waals surface area contributed by atoms with Gasteiger partial charge in [0.1, 0.15) is 0 Å². The van der Waals surface area contributed by atoms with Crippen LogP contribution in [0.5, 0.6) is 11.6 Å². The molecular weight excluding hydrogens is 284 g/mol. The van der Waals surface area contributed by atoms with Gasteiger partial charge in [0.25, 0.3) is 0 Å². The van der Waals surface area contributed by atoms with Gasteiger partial charge in [-0.2, -0.15) is 0 Å². The largest absolute Gasteiger partial charge is 0.430 e. The Morgan fingerprint density at radius 3 is 2.85 bits per heavy atom. The minimum atomic E-state index is -0.693. The number of aliphatic hydroxyl groups is 1. The summed E-state index contributed by atoms with van der Waals surface area (Å²) in [6, 6.07) is 7.37. The zero-order valence-electron chi connectivity index (χ0n) is 10.5. The molecule has 6 nitrogen and oxygen atoms in total. The average molecular weight is 295 g/mol. The number of nitro groups is 1. The fourth-order valence-corrected chi connectivity index (χ4v) is 1.80. The van der Waals surface area contributed by atoms with Crippen LogP contribution in [0.15, 0.2) is 36.5 Å². The first kappa shape index (κ1) is 14.2. The summed E-state index contributed by atoms with van der Waals surface area (Å²) in [7, 11) is 0. The van der Waals surface area contributed by atoms with Gasteiger partial charge in [0, 0.05) is 18.3 Å². The molecule has 0 aliphatic carbocycles. The van der Waals surface area contributed by atoms with Crippen molar-refractivity contribution in [2.24, 2.45) is 0 Å². The van der Waals surface area contributed by atoms with E-state index in [4.69, 9.17) is 16.3 Å². The lowest BCUT2D eigenvalue weighted by molar-refractivity contribution is -0.385. The number of ether oxygens (including phenoxy) is 1. The average Bonchev–Trinajstić information content (AvgIpc) is 2.41. The Hall–Kier alpha value is -2.18. The van der Waals surface area contributed by atoms with E-state index in [0.717, 1.165) is 0 Å². The maximum absolute atomic E-state index is 10.9. The van der Waals surface area contributed by atoms with Crippen LogP contribution in [0.25, 0.3) is 0 Å². The van der Waals surface area contributed by atoms with Crippen LogP contribution in [-0.4, -0.2) is 15.0 Å². The number of hydrogen-bond acceptors (Lipinski definition) is 5. The minimum absolute atomic E-state index is 0.0746. The normalized spacial score (nSPS) is 11.9. The first-order valence-corrected chi connectivity index (χ1v) is 6.11. The van der Waals surface area contributed by atoms with Crippen molar-refractivity contribution in [2.45, 2.75) is 13.0 Å². The first-order valence-electron chi connectivity index (χ1n) is 5.74. The summed E-state index contributed by atoms with van der Waals surface area (Å²) in [6.45, 7) is 1.59. The highest BCUT2D eigenvalue weighted by molar-refractivity contribution is 6.32. The Kier molecular flexibility index (Phi) is 4.16. The minimum Gasteiger partial charge on any atom is -0.430 e. The molecule has 20 heavy (non-hydrogen) atoms. The van der Waals surface area contributed by atoms with Crippen LogP contribution in [0.3, 0.4) is 0 Å². The molecule has 0 saturated heterocycles. The summed E-state index contributed by atoms with van der Waals surface area (Å²) in [5, 5.41) is 20.6. The zero-order chi connectivity index (χ0) is 14.7. The van der Waals surface area contributed by atoms with Crippen LogP contribution in [0, 0.1) is 10.1 Å². The SMILES string of the molecule is C[C@H](O)c1ccnc(Oc2c(Cl)cccc2[N+](=O)[O-])c1. The Morgan fingerprint density at radius 1 is 1.45 bits per heavy atom. The summed E-state index contributed by atoms with van der Waals surface area (Å²) in [5.74, 6) is 0.0500. The quantitative estimate of drug-likeness (QED) is 0.689. The van der Waals surface area contributed by atoms with Crippen molar-refractivity contribution >= 4 is 17.3 Å². The highest BCUT2D eigenvalue weighted by Crippen LogP contribution is 2.37. The third kappa shape index (κ3) is 3.04.